The summed E-state index contributed by atoms with van der Waals surface area (Å²) in [6.45, 7) is 1.47. The van der Waals surface area contributed by atoms with Crippen LogP contribution in [-0.2, 0) is 4.79 Å². The van der Waals surface area contributed by atoms with Gasteiger partial charge in [0.05, 0.1) is 9.95 Å². The number of hydrogen-bond acceptors (Lipinski definition) is 8. The fraction of sp³-hybridized carbons (Fsp3) is 0.150. The van der Waals surface area contributed by atoms with Crippen LogP contribution in [0.4, 0.5) is 21.7 Å². The van der Waals surface area contributed by atoms with Crippen LogP contribution in [0.25, 0.3) is 0 Å². The highest BCUT2D eigenvalue weighted by Crippen LogP contribution is 2.27. The van der Waals surface area contributed by atoms with E-state index in [4.69, 9.17) is 21.1 Å². The fourth-order valence-corrected chi connectivity index (χ4v) is 2.63. The van der Waals surface area contributed by atoms with Crippen molar-refractivity contribution in [2.75, 3.05) is 17.7 Å². The SMILES string of the molecule is CNc1ccc([N+](=O)[O-])c(NC(=O)C(C)Oc2ccc(Oc3ncc(Cl)cc3F)cc2)n1. The van der Waals surface area contributed by atoms with Crippen molar-refractivity contribution in [3.63, 3.8) is 0 Å². The number of pyridine rings is 2. The van der Waals surface area contributed by atoms with Crippen LogP contribution in [0.5, 0.6) is 17.4 Å². The molecule has 10 nitrogen and oxygen atoms in total. The molecule has 0 spiro atoms. The monoisotopic (exact) mass is 461 g/mol. The molecular weight excluding hydrogens is 445 g/mol. The molecule has 3 rings (SSSR count). The number of carbonyl (C=O) groups excluding carboxylic acids is 1. The molecule has 1 atom stereocenters. The maximum absolute atomic E-state index is 13.8. The van der Waals surface area contributed by atoms with Gasteiger partial charge in [-0.1, -0.05) is 11.6 Å². The second kappa shape index (κ2) is 9.88. The standard InChI is InChI=1S/C20H17ClFN5O5/c1-11(19(28)26-18-16(27(29)30)7-8-17(23-2)25-18)31-13-3-5-14(6-4-13)32-20-15(22)9-12(21)10-24-20/h3-11H,1-2H3,(H2,23,25,26,28). The van der Waals surface area contributed by atoms with Crippen LogP contribution >= 0.6 is 11.6 Å². The van der Waals surface area contributed by atoms with Gasteiger partial charge in [0.1, 0.15) is 17.3 Å². The molecule has 2 heterocycles. The zero-order valence-corrected chi connectivity index (χ0v) is 17.6. The summed E-state index contributed by atoms with van der Waals surface area (Å²) in [6, 6.07) is 9.74. The Balaban J connectivity index is 1.65. The van der Waals surface area contributed by atoms with Gasteiger partial charge in [-0.3, -0.25) is 14.9 Å². The Morgan fingerprint density at radius 2 is 1.91 bits per heavy atom. The lowest BCUT2D eigenvalue weighted by molar-refractivity contribution is -0.384. The van der Waals surface area contributed by atoms with E-state index in [1.54, 1.807) is 7.05 Å². The van der Waals surface area contributed by atoms with Crippen molar-refractivity contribution < 1.29 is 23.6 Å². The van der Waals surface area contributed by atoms with E-state index >= 15 is 0 Å². The first kappa shape index (κ1) is 22.7. The van der Waals surface area contributed by atoms with Gasteiger partial charge in [-0.25, -0.2) is 14.4 Å². The topological polar surface area (TPSA) is 129 Å². The lowest BCUT2D eigenvalue weighted by atomic mass is 10.3. The highest BCUT2D eigenvalue weighted by Gasteiger charge is 2.22. The Bertz CT molecular complexity index is 1150. The average Bonchev–Trinajstić information content (AvgIpc) is 2.76. The van der Waals surface area contributed by atoms with Crippen LogP contribution in [0.3, 0.4) is 0 Å². The lowest BCUT2D eigenvalue weighted by Gasteiger charge is -2.15. The van der Waals surface area contributed by atoms with Crippen molar-refractivity contribution in [2.24, 2.45) is 0 Å². The number of anilines is 2. The molecule has 2 N–H and O–H groups in total. The molecule has 1 aromatic carbocycles. The second-order valence-corrected chi connectivity index (χ2v) is 6.77. The van der Waals surface area contributed by atoms with Crippen LogP contribution < -0.4 is 20.1 Å². The van der Waals surface area contributed by atoms with E-state index in [0.717, 1.165) is 6.07 Å². The summed E-state index contributed by atoms with van der Waals surface area (Å²) in [5, 5.41) is 16.5. The smallest absolute Gasteiger partial charge is 0.311 e. The highest BCUT2D eigenvalue weighted by molar-refractivity contribution is 6.30. The van der Waals surface area contributed by atoms with Gasteiger partial charge in [-0.15, -0.1) is 0 Å². The highest BCUT2D eigenvalue weighted by atomic mass is 35.5. The van der Waals surface area contributed by atoms with Crippen molar-refractivity contribution in [3.8, 4) is 17.4 Å². The van der Waals surface area contributed by atoms with Gasteiger partial charge in [0.25, 0.3) is 11.8 Å². The second-order valence-electron chi connectivity index (χ2n) is 6.33. The summed E-state index contributed by atoms with van der Waals surface area (Å²) in [6.07, 6.45) is 0.250. The van der Waals surface area contributed by atoms with Crippen LogP contribution in [-0.4, -0.2) is 34.0 Å². The van der Waals surface area contributed by atoms with E-state index < -0.39 is 22.8 Å². The largest absolute Gasteiger partial charge is 0.481 e. The molecule has 3 aromatic rings. The average molecular weight is 462 g/mol. The Morgan fingerprint density at radius 3 is 2.53 bits per heavy atom. The number of hydrogen-bond donors (Lipinski definition) is 2. The number of benzene rings is 1. The Hall–Kier alpha value is -3.99. The molecule has 0 radical (unpaired) electrons. The van der Waals surface area contributed by atoms with Crippen molar-refractivity contribution in [3.05, 3.63) is 69.6 Å². The summed E-state index contributed by atoms with van der Waals surface area (Å²) in [7, 11) is 1.59. The minimum absolute atomic E-state index is 0.143. The van der Waals surface area contributed by atoms with E-state index in [0.29, 0.717) is 11.6 Å². The summed E-state index contributed by atoms with van der Waals surface area (Å²) >= 11 is 5.66. The molecule has 12 heteroatoms. The third-order valence-corrected chi connectivity index (χ3v) is 4.27. The Morgan fingerprint density at radius 1 is 1.22 bits per heavy atom. The molecule has 0 saturated carbocycles. The van der Waals surface area contributed by atoms with E-state index in [2.05, 4.69) is 20.6 Å². The number of ether oxygens (including phenoxy) is 2. The zero-order chi connectivity index (χ0) is 23.3. The molecule has 2 aromatic heterocycles. The van der Waals surface area contributed by atoms with Gasteiger partial charge in [0.15, 0.2) is 11.9 Å². The maximum atomic E-state index is 13.8. The summed E-state index contributed by atoms with van der Waals surface area (Å²) < 4.78 is 24.7. The number of amides is 1. The van der Waals surface area contributed by atoms with Gasteiger partial charge >= 0.3 is 5.69 Å². The van der Waals surface area contributed by atoms with Crippen molar-refractivity contribution in [1.29, 1.82) is 0 Å². The van der Waals surface area contributed by atoms with Crippen molar-refractivity contribution in [2.45, 2.75) is 13.0 Å². The molecule has 1 unspecified atom stereocenters. The van der Waals surface area contributed by atoms with Crippen LogP contribution in [0.15, 0.2) is 48.7 Å². The Kier molecular flexibility index (Phi) is 7.00. The lowest BCUT2D eigenvalue weighted by Crippen LogP contribution is -2.30. The zero-order valence-electron chi connectivity index (χ0n) is 16.8. The third-order valence-electron chi connectivity index (χ3n) is 4.06. The van der Waals surface area contributed by atoms with Crippen molar-refractivity contribution >= 4 is 34.8 Å². The number of aromatic nitrogens is 2. The van der Waals surface area contributed by atoms with Gasteiger partial charge < -0.3 is 20.1 Å². The molecule has 0 fully saturated rings. The fourth-order valence-electron chi connectivity index (χ4n) is 2.48. The predicted octanol–water partition coefficient (Wildman–Crippen LogP) is 4.42. The van der Waals surface area contributed by atoms with Gasteiger partial charge in [0.2, 0.25) is 5.82 Å². The van der Waals surface area contributed by atoms with Gasteiger partial charge in [-0.2, -0.15) is 0 Å². The Labute approximate surface area is 186 Å². The third kappa shape index (κ3) is 5.58. The van der Waals surface area contributed by atoms with Crippen LogP contribution in [0.2, 0.25) is 5.02 Å². The number of nitrogens with one attached hydrogen (secondary N) is 2. The molecule has 32 heavy (non-hydrogen) atoms. The van der Waals surface area contributed by atoms with E-state index in [-0.39, 0.29) is 28.2 Å². The minimum Gasteiger partial charge on any atom is -0.481 e. The summed E-state index contributed by atoms with van der Waals surface area (Å²) in [4.78, 5) is 30.8. The molecule has 0 saturated heterocycles. The molecular formula is C20H17ClFN5O5. The molecule has 166 valence electrons. The number of rotatable bonds is 8. The van der Waals surface area contributed by atoms with Gasteiger partial charge in [-0.05, 0) is 43.3 Å². The molecule has 0 aliphatic carbocycles. The first-order valence-electron chi connectivity index (χ1n) is 9.16. The summed E-state index contributed by atoms with van der Waals surface area (Å²) in [5.74, 6) is -0.850. The first-order valence-corrected chi connectivity index (χ1v) is 9.54. The number of halogens is 2. The normalized spacial score (nSPS) is 11.4. The van der Waals surface area contributed by atoms with E-state index in [1.807, 2.05) is 0 Å². The molecule has 0 aliphatic rings. The van der Waals surface area contributed by atoms with Crippen molar-refractivity contribution in [1.82, 2.24) is 9.97 Å². The van der Waals surface area contributed by atoms with Crippen LogP contribution in [0, 0.1) is 15.9 Å². The van der Waals surface area contributed by atoms with E-state index in [9.17, 15) is 19.3 Å². The van der Waals surface area contributed by atoms with Gasteiger partial charge in [0, 0.05) is 19.3 Å². The number of nitrogens with zero attached hydrogens (tertiary/aromatic N) is 3. The quantitative estimate of drug-likeness (QED) is 0.372. The molecule has 0 bridgehead atoms. The minimum atomic E-state index is -1.00. The van der Waals surface area contributed by atoms with E-state index in [1.165, 1.54) is 49.5 Å². The first-order chi connectivity index (χ1) is 15.3. The summed E-state index contributed by atoms with van der Waals surface area (Å²) in [5.41, 5.74) is -0.353. The number of nitro groups is 1. The molecule has 1 amide bonds. The predicted molar refractivity (Wildman–Crippen MR) is 115 cm³/mol. The molecule has 0 aliphatic heterocycles. The van der Waals surface area contributed by atoms with Crippen LogP contribution in [0.1, 0.15) is 6.92 Å². The number of carbonyl (C=O) groups is 1. The maximum Gasteiger partial charge on any atom is 0.311 e.